The minimum atomic E-state index is -0.0947. The number of H-pyrrole nitrogens is 1. The van der Waals surface area contributed by atoms with Crippen LogP contribution in [0, 0.1) is 0 Å². The largest absolute Gasteiger partial charge is 0.454 e. The number of rotatable bonds is 4. The van der Waals surface area contributed by atoms with E-state index in [1.807, 2.05) is 24.3 Å². The molecule has 6 nitrogen and oxygen atoms in total. The number of nitrogens with zero attached hydrogens (tertiary/aromatic N) is 1. The maximum absolute atomic E-state index is 12.0. The molecule has 6 heteroatoms. The van der Waals surface area contributed by atoms with E-state index in [1.54, 1.807) is 0 Å². The van der Waals surface area contributed by atoms with E-state index in [2.05, 4.69) is 15.5 Å². The van der Waals surface area contributed by atoms with Gasteiger partial charge in [0.1, 0.15) is 0 Å². The lowest BCUT2D eigenvalue weighted by Crippen LogP contribution is -2.14. The van der Waals surface area contributed by atoms with Crippen LogP contribution in [0.5, 0.6) is 11.5 Å². The number of aromatic amines is 1. The molecule has 0 atom stereocenters. The Labute approximate surface area is 121 Å². The van der Waals surface area contributed by atoms with E-state index in [1.165, 1.54) is 12.8 Å². The van der Waals surface area contributed by atoms with E-state index >= 15 is 0 Å². The molecule has 1 aromatic carbocycles. The molecular formula is C15H15N3O3. The molecule has 4 rings (SSSR count). The lowest BCUT2D eigenvalue weighted by molar-refractivity contribution is -0.115. The van der Waals surface area contributed by atoms with Gasteiger partial charge >= 0.3 is 0 Å². The minimum Gasteiger partial charge on any atom is -0.454 e. The minimum absolute atomic E-state index is 0.0947. The van der Waals surface area contributed by atoms with Crippen LogP contribution >= 0.6 is 0 Å². The molecule has 0 bridgehead atoms. The van der Waals surface area contributed by atoms with Gasteiger partial charge in [0.25, 0.3) is 0 Å². The van der Waals surface area contributed by atoms with Gasteiger partial charge in [0.2, 0.25) is 12.7 Å². The standard InChI is InChI=1S/C15H15N3O3/c19-15(16-14-7-11(17-18-14)10-2-3-10)6-9-1-4-12-13(5-9)21-8-20-12/h1,4-5,7,10H,2-3,6,8H2,(H2,16,17,18,19). The van der Waals surface area contributed by atoms with Crippen molar-refractivity contribution in [1.29, 1.82) is 0 Å². The lowest BCUT2D eigenvalue weighted by Gasteiger charge is -2.03. The third-order valence-corrected chi connectivity index (χ3v) is 3.68. The highest BCUT2D eigenvalue weighted by Crippen LogP contribution is 2.39. The number of nitrogens with one attached hydrogen (secondary N) is 2. The van der Waals surface area contributed by atoms with Crippen molar-refractivity contribution in [3.05, 3.63) is 35.5 Å². The number of benzene rings is 1. The quantitative estimate of drug-likeness (QED) is 0.903. The Balaban J connectivity index is 1.40. The number of amides is 1. The van der Waals surface area contributed by atoms with Crippen LogP contribution in [0.1, 0.15) is 30.0 Å². The summed E-state index contributed by atoms with van der Waals surface area (Å²) in [6.07, 6.45) is 2.68. The Morgan fingerprint density at radius 3 is 3.00 bits per heavy atom. The Bertz CT molecular complexity index is 691. The van der Waals surface area contributed by atoms with Gasteiger partial charge in [-0.15, -0.1) is 0 Å². The molecular weight excluding hydrogens is 270 g/mol. The summed E-state index contributed by atoms with van der Waals surface area (Å²) in [5.41, 5.74) is 1.99. The summed E-state index contributed by atoms with van der Waals surface area (Å²) in [5.74, 6) is 2.50. The SMILES string of the molecule is O=C(Cc1ccc2c(c1)OCO2)Nc1cc(C2CC2)[nH]n1. The molecule has 1 saturated carbocycles. The van der Waals surface area contributed by atoms with Crippen LogP contribution in [-0.2, 0) is 11.2 Å². The van der Waals surface area contributed by atoms with Gasteiger partial charge in [-0.2, -0.15) is 5.10 Å². The fraction of sp³-hybridized carbons (Fsp3) is 0.333. The highest BCUT2D eigenvalue weighted by atomic mass is 16.7. The summed E-state index contributed by atoms with van der Waals surface area (Å²) in [4.78, 5) is 12.0. The zero-order valence-electron chi connectivity index (χ0n) is 11.4. The molecule has 1 aliphatic carbocycles. The van der Waals surface area contributed by atoms with Gasteiger partial charge in [0.15, 0.2) is 17.3 Å². The summed E-state index contributed by atoms with van der Waals surface area (Å²) >= 11 is 0. The zero-order valence-corrected chi connectivity index (χ0v) is 11.4. The predicted molar refractivity (Wildman–Crippen MR) is 75.5 cm³/mol. The predicted octanol–water partition coefficient (Wildman–Crippen LogP) is 2.20. The third kappa shape index (κ3) is 2.56. The van der Waals surface area contributed by atoms with Crippen LogP contribution < -0.4 is 14.8 Å². The molecule has 2 aromatic rings. The highest BCUT2D eigenvalue weighted by molar-refractivity contribution is 5.91. The topological polar surface area (TPSA) is 76.2 Å². The van der Waals surface area contributed by atoms with Gasteiger partial charge in [-0.25, -0.2) is 0 Å². The monoisotopic (exact) mass is 285 g/mol. The number of ether oxygens (including phenoxy) is 2. The van der Waals surface area contributed by atoms with Crippen molar-refractivity contribution in [2.45, 2.75) is 25.2 Å². The number of hydrogen-bond acceptors (Lipinski definition) is 4. The van der Waals surface area contributed by atoms with E-state index in [-0.39, 0.29) is 19.1 Å². The van der Waals surface area contributed by atoms with Crippen molar-refractivity contribution in [3.8, 4) is 11.5 Å². The molecule has 0 saturated heterocycles. The van der Waals surface area contributed by atoms with Gasteiger partial charge in [-0.1, -0.05) is 6.07 Å². The summed E-state index contributed by atoms with van der Waals surface area (Å²) in [7, 11) is 0. The Hall–Kier alpha value is -2.50. The normalized spacial score (nSPS) is 16.0. The molecule has 0 radical (unpaired) electrons. The van der Waals surface area contributed by atoms with Crippen LogP contribution in [0.15, 0.2) is 24.3 Å². The molecule has 21 heavy (non-hydrogen) atoms. The fourth-order valence-corrected chi connectivity index (χ4v) is 2.43. The molecule has 1 amide bonds. The average molecular weight is 285 g/mol. The van der Waals surface area contributed by atoms with Gasteiger partial charge in [0.05, 0.1) is 6.42 Å². The second-order valence-corrected chi connectivity index (χ2v) is 5.40. The van der Waals surface area contributed by atoms with Gasteiger partial charge in [0, 0.05) is 17.7 Å². The van der Waals surface area contributed by atoms with Crippen molar-refractivity contribution < 1.29 is 14.3 Å². The maximum Gasteiger partial charge on any atom is 0.231 e. The van der Waals surface area contributed by atoms with Crippen molar-refractivity contribution in [1.82, 2.24) is 10.2 Å². The van der Waals surface area contributed by atoms with E-state index < -0.39 is 0 Å². The second kappa shape index (κ2) is 4.80. The zero-order chi connectivity index (χ0) is 14.2. The van der Waals surface area contributed by atoms with Crippen molar-refractivity contribution >= 4 is 11.7 Å². The van der Waals surface area contributed by atoms with Crippen LogP contribution in [-0.4, -0.2) is 22.9 Å². The fourth-order valence-electron chi connectivity index (χ4n) is 2.43. The average Bonchev–Trinajstić information content (AvgIpc) is 3.04. The van der Waals surface area contributed by atoms with Gasteiger partial charge in [-0.3, -0.25) is 9.89 Å². The number of fused-ring (bicyclic) bond motifs is 1. The summed E-state index contributed by atoms with van der Waals surface area (Å²) < 4.78 is 10.6. The van der Waals surface area contributed by atoms with Crippen molar-refractivity contribution in [3.63, 3.8) is 0 Å². The lowest BCUT2D eigenvalue weighted by atomic mass is 10.1. The smallest absolute Gasteiger partial charge is 0.231 e. The van der Waals surface area contributed by atoms with E-state index in [4.69, 9.17) is 9.47 Å². The van der Waals surface area contributed by atoms with Crippen LogP contribution in [0.2, 0.25) is 0 Å². The van der Waals surface area contributed by atoms with Crippen molar-refractivity contribution in [2.24, 2.45) is 0 Å². The molecule has 0 spiro atoms. The molecule has 108 valence electrons. The van der Waals surface area contributed by atoms with Crippen LogP contribution in [0.3, 0.4) is 0 Å². The Kier molecular flexibility index (Phi) is 2.80. The second-order valence-electron chi connectivity index (χ2n) is 5.40. The van der Waals surface area contributed by atoms with Crippen molar-refractivity contribution in [2.75, 3.05) is 12.1 Å². The first-order valence-corrected chi connectivity index (χ1v) is 7.01. The van der Waals surface area contributed by atoms with Crippen LogP contribution in [0.25, 0.3) is 0 Å². The number of hydrogen-bond donors (Lipinski definition) is 2. The first-order valence-electron chi connectivity index (χ1n) is 7.01. The van der Waals surface area contributed by atoms with Gasteiger partial charge < -0.3 is 14.8 Å². The van der Waals surface area contributed by atoms with Crippen LogP contribution in [0.4, 0.5) is 5.82 Å². The number of carbonyl (C=O) groups is 1. The molecule has 2 heterocycles. The first kappa shape index (κ1) is 12.3. The molecule has 1 fully saturated rings. The Morgan fingerprint density at radius 1 is 1.29 bits per heavy atom. The van der Waals surface area contributed by atoms with Gasteiger partial charge in [-0.05, 0) is 30.5 Å². The van der Waals surface area contributed by atoms with E-state index in [9.17, 15) is 4.79 Å². The molecule has 0 unspecified atom stereocenters. The Morgan fingerprint density at radius 2 is 2.14 bits per heavy atom. The summed E-state index contributed by atoms with van der Waals surface area (Å²) in [5, 5.41) is 9.89. The maximum atomic E-state index is 12.0. The molecule has 2 aliphatic rings. The number of carbonyl (C=O) groups excluding carboxylic acids is 1. The summed E-state index contributed by atoms with van der Waals surface area (Å²) in [6.45, 7) is 0.238. The molecule has 1 aliphatic heterocycles. The first-order chi connectivity index (χ1) is 10.3. The third-order valence-electron chi connectivity index (χ3n) is 3.68. The number of anilines is 1. The molecule has 2 N–H and O–H groups in total. The highest BCUT2D eigenvalue weighted by Gasteiger charge is 2.25. The number of aromatic nitrogens is 2. The summed E-state index contributed by atoms with van der Waals surface area (Å²) in [6, 6.07) is 7.44. The van der Waals surface area contributed by atoms with E-state index in [0.29, 0.717) is 17.5 Å². The van der Waals surface area contributed by atoms with E-state index in [0.717, 1.165) is 17.0 Å². The molecule has 1 aromatic heterocycles.